The fraction of sp³-hybridized carbons (Fsp3) is 0.214. The Labute approximate surface area is 119 Å². The van der Waals surface area contributed by atoms with E-state index < -0.39 is 11.2 Å². The molecule has 0 bridgehead atoms. The number of nitrogens with zero attached hydrogens (tertiary/aromatic N) is 2. The molecule has 0 amide bonds. The van der Waals surface area contributed by atoms with Crippen molar-refractivity contribution in [2.75, 3.05) is 6.26 Å². The summed E-state index contributed by atoms with van der Waals surface area (Å²) in [6, 6.07) is 7.09. The largest absolute Gasteiger partial charge is 0.330 e. The average molecular weight is 290 g/mol. The molecule has 0 radical (unpaired) electrons. The number of thioether (sulfide) groups is 1. The van der Waals surface area contributed by atoms with Crippen molar-refractivity contribution >= 4 is 17.5 Å². The second-order valence-corrected chi connectivity index (χ2v) is 5.18. The highest BCUT2D eigenvalue weighted by Gasteiger charge is 2.18. The van der Waals surface area contributed by atoms with Gasteiger partial charge in [0.25, 0.3) is 5.56 Å². The molecular weight excluding hydrogens is 276 g/mol. The molecule has 0 saturated heterocycles. The van der Waals surface area contributed by atoms with Gasteiger partial charge < -0.3 is 4.57 Å². The van der Waals surface area contributed by atoms with Crippen LogP contribution in [0.1, 0.15) is 15.9 Å². The first kappa shape index (κ1) is 14.3. The predicted molar refractivity (Wildman–Crippen MR) is 78.6 cm³/mol. The number of carbonyl (C=O) groups excluding carboxylic acids is 1. The summed E-state index contributed by atoms with van der Waals surface area (Å²) in [6.07, 6.45) is 3.16. The van der Waals surface area contributed by atoms with Crippen LogP contribution in [-0.4, -0.2) is 21.2 Å². The Kier molecular flexibility index (Phi) is 3.94. The molecule has 6 heteroatoms. The molecule has 0 N–H and O–H groups in total. The summed E-state index contributed by atoms with van der Waals surface area (Å²) >= 11 is 1.44. The van der Waals surface area contributed by atoms with Gasteiger partial charge in [-0.2, -0.15) is 0 Å². The van der Waals surface area contributed by atoms with E-state index in [1.807, 2.05) is 18.4 Å². The maximum atomic E-state index is 12.5. The molecular formula is C14H14N2O3S. The van der Waals surface area contributed by atoms with Crippen molar-refractivity contribution in [3.8, 4) is 0 Å². The van der Waals surface area contributed by atoms with Crippen molar-refractivity contribution in [3.05, 3.63) is 62.4 Å². The van der Waals surface area contributed by atoms with Crippen LogP contribution in [-0.2, 0) is 14.1 Å². The van der Waals surface area contributed by atoms with Gasteiger partial charge in [0.1, 0.15) is 5.56 Å². The Morgan fingerprint density at radius 3 is 2.40 bits per heavy atom. The number of aromatic nitrogens is 2. The lowest BCUT2D eigenvalue weighted by molar-refractivity contribution is 0.103. The van der Waals surface area contributed by atoms with Crippen LogP contribution in [0.4, 0.5) is 0 Å². The zero-order valence-electron chi connectivity index (χ0n) is 11.4. The van der Waals surface area contributed by atoms with E-state index in [0.717, 1.165) is 9.46 Å². The van der Waals surface area contributed by atoms with Gasteiger partial charge in [0.15, 0.2) is 0 Å². The zero-order valence-corrected chi connectivity index (χ0v) is 12.2. The number of carbonyl (C=O) groups is 1. The highest BCUT2D eigenvalue weighted by molar-refractivity contribution is 7.98. The molecule has 0 atom stereocenters. The molecule has 5 nitrogen and oxygen atoms in total. The predicted octanol–water partition coefficient (Wildman–Crippen LogP) is 1.04. The van der Waals surface area contributed by atoms with E-state index >= 15 is 0 Å². The lowest BCUT2D eigenvalue weighted by atomic mass is 10.1. The topological polar surface area (TPSA) is 61.1 Å². The number of benzene rings is 1. The average Bonchev–Trinajstić information content (AvgIpc) is 2.48. The molecule has 104 valence electrons. The van der Waals surface area contributed by atoms with E-state index in [-0.39, 0.29) is 11.3 Å². The molecule has 0 aliphatic heterocycles. The van der Waals surface area contributed by atoms with E-state index in [1.165, 1.54) is 36.6 Å². The number of rotatable bonds is 3. The van der Waals surface area contributed by atoms with E-state index in [2.05, 4.69) is 0 Å². The molecule has 0 aliphatic carbocycles. The van der Waals surface area contributed by atoms with E-state index in [4.69, 9.17) is 0 Å². The van der Waals surface area contributed by atoms with Crippen molar-refractivity contribution < 1.29 is 4.79 Å². The quantitative estimate of drug-likeness (QED) is 0.626. The summed E-state index contributed by atoms with van der Waals surface area (Å²) in [5.41, 5.74) is -0.564. The lowest BCUT2D eigenvalue weighted by Gasteiger charge is -2.08. The first-order chi connectivity index (χ1) is 9.47. The van der Waals surface area contributed by atoms with Crippen LogP contribution in [0.2, 0.25) is 0 Å². The second-order valence-electron chi connectivity index (χ2n) is 4.33. The third kappa shape index (κ3) is 2.34. The van der Waals surface area contributed by atoms with Crippen LogP contribution in [0.15, 0.2) is 44.9 Å². The summed E-state index contributed by atoms with van der Waals surface area (Å²) in [7, 11) is 2.88. The Bertz CT molecular complexity index is 790. The Morgan fingerprint density at radius 2 is 1.75 bits per heavy atom. The summed E-state index contributed by atoms with van der Waals surface area (Å²) in [6.45, 7) is 0. The minimum absolute atomic E-state index is 0.00361. The van der Waals surface area contributed by atoms with Crippen LogP contribution in [0, 0.1) is 0 Å². The third-order valence-corrected chi connectivity index (χ3v) is 3.84. The van der Waals surface area contributed by atoms with Gasteiger partial charge in [-0.05, 0) is 18.4 Å². The smallest absolute Gasteiger partial charge is 0.303 e. The maximum Gasteiger partial charge on any atom is 0.330 e. The molecule has 2 rings (SSSR count). The van der Waals surface area contributed by atoms with Crippen LogP contribution in [0.3, 0.4) is 0 Å². The SMILES string of the molecule is CSc1ccccc1C(=O)c1cn(C)c(=O)n(C)c1=O. The fourth-order valence-electron chi connectivity index (χ4n) is 1.94. The summed E-state index contributed by atoms with van der Waals surface area (Å²) in [4.78, 5) is 37.0. The van der Waals surface area contributed by atoms with Crippen LogP contribution < -0.4 is 11.2 Å². The minimum Gasteiger partial charge on any atom is -0.303 e. The maximum absolute atomic E-state index is 12.5. The van der Waals surface area contributed by atoms with Crippen molar-refractivity contribution in [2.45, 2.75) is 4.90 Å². The second kappa shape index (κ2) is 5.50. The monoisotopic (exact) mass is 290 g/mol. The van der Waals surface area contributed by atoms with Crippen molar-refractivity contribution in [1.82, 2.24) is 9.13 Å². The van der Waals surface area contributed by atoms with Gasteiger partial charge in [-0.1, -0.05) is 12.1 Å². The fourth-order valence-corrected chi connectivity index (χ4v) is 2.54. The molecule has 2 aromatic rings. The van der Waals surface area contributed by atoms with Gasteiger partial charge in [-0.15, -0.1) is 11.8 Å². The van der Waals surface area contributed by atoms with Crippen LogP contribution >= 0.6 is 11.8 Å². The minimum atomic E-state index is -0.575. The van der Waals surface area contributed by atoms with E-state index in [1.54, 1.807) is 12.1 Å². The molecule has 0 unspecified atom stereocenters. The normalized spacial score (nSPS) is 10.6. The number of hydrogen-bond donors (Lipinski definition) is 0. The van der Waals surface area contributed by atoms with Crippen LogP contribution in [0.25, 0.3) is 0 Å². The third-order valence-electron chi connectivity index (χ3n) is 3.04. The van der Waals surface area contributed by atoms with Crippen molar-refractivity contribution in [2.24, 2.45) is 14.1 Å². The number of hydrogen-bond acceptors (Lipinski definition) is 4. The van der Waals surface area contributed by atoms with E-state index in [0.29, 0.717) is 5.56 Å². The summed E-state index contributed by atoms with van der Waals surface area (Å²) in [5, 5.41) is 0. The summed E-state index contributed by atoms with van der Waals surface area (Å²) < 4.78 is 2.17. The molecule has 1 aromatic heterocycles. The van der Waals surface area contributed by atoms with Gasteiger partial charge in [0.05, 0.1) is 0 Å². The summed E-state index contributed by atoms with van der Waals surface area (Å²) in [5.74, 6) is -0.369. The highest BCUT2D eigenvalue weighted by atomic mass is 32.2. The first-order valence-corrected chi connectivity index (χ1v) is 7.14. The molecule has 0 spiro atoms. The number of ketones is 1. The Hall–Kier alpha value is -2.08. The van der Waals surface area contributed by atoms with Crippen molar-refractivity contribution in [3.63, 3.8) is 0 Å². The van der Waals surface area contributed by atoms with Gasteiger partial charge in [-0.25, -0.2) is 4.79 Å². The standard InChI is InChI=1S/C14H14N2O3S/c1-15-8-10(13(18)16(2)14(15)19)12(17)9-6-4-5-7-11(9)20-3/h4-8H,1-3H3. The molecule has 0 aliphatic rings. The lowest BCUT2D eigenvalue weighted by Crippen LogP contribution is -2.39. The van der Waals surface area contributed by atoms with Crippen LogP contribution in [0.5, 0.6) is 0 Å². The Balaban J connectivity index is 2.66. The Morgan fingerprint density at radius 1 is 1.10 bits per heavy atom. The van der Waals surface area contributed by atoms with Gasteiger partial charge in [0.2, 0.25) is 5.78 Å². The zero-order chi connectivity index (χ0) is 14.9. The van der Waals surface area contributed by atoms with Gasteiger partial charge >= 0.3 is 5.69 Å². The van der Waals surface area contributed by atoms with Gasteiger partial charge in [0, 0.05) is 30.8 Å². The number of aryl methyl sites for hydroxylation is 1. The molecule has 0 fully saturated rings. The molecule has 1 aromatic carbocycles. The first-order valence-electron chi connectivity index (χ1n) is 5.91. The molecule has 1 heterocycles. The van der Waals surface area contributed by atoms with Gasteiger partial charge in [-0.3, -0.25) is 14.2 Å². The molecule has 0 saturated carbocycles. The van der Waals surface area contributed by atoms with Crippen molar-refractivity contribution in [1.29, 1.82) is 0 Å². The van der Waals surface area contributed by atoms with E-state index in [9.17, 15) is 14.4 Å². The molecule has 20 heavy (non-hydrogen) atoms. The highest BCUT2D eigenvalue weighted by Crippen LogP contribution is 2.21.